The highest BCUT2D eigenvalue weighted by Crippen LogP contribution is 2.27. The largest absolute Gasteiger partial charge is 0.393 e. The first-order chi connectivity index (χ1) is 16.2. The Morgan fingerprint density at radius 3 is 1.68 bits per heavy atom. The van der Waals surface area contributed by atoms with Crippen molar-refractivity contribution < 1.29 is 13.2 Å². The second kappa shape index (κ2) is 11.6. The maximum absolute atomic E-state index is 13.5. The Hall–Kier alpha value is -3.43. The van der Waals surface area contributed by atoms with Crippen LogP contribution in [0.1, 0.15) is 70.7 Å². The first-order valence-corrected chi connectivity index (χ1v) is 11.6. The summed E-state index contributed by atoms with van der Waals surface area (Å²) in [4.78, 5) is 0. The number of unbranched alkanes of at least 4 members (excludes halogenated alkanes) is 2. The average Bonchev–Trinajstić information content (AvgIpc) is 2.78. The molecule has 0 aromatic heterocycles. The van der Waals surface area contributed by atoms with Gasteiger partial charge in [0.25, 0.3) is 0 Å². The van der Waals surface area contributed by atoms with E-state index in [9.17, 15) is 13.2 Å². The van der Waals surface area contributed by atoms with Crippen LogP contribution in [0.15, 0.2) is 60.7 Å². The molecule has 0 aliphatic rings. The Kier molecular flexibility index (Phi) is 8.61. The fraction of sp³-hybridized carbons (Fsp3) is 0.290. The smallest absolute Gasteiger partial charge is 0.171 e. The first kappa shape index (κ1) is 25.2. The van der Waals surface area contributed by atoms with Crippen molar-refractivity contribution in [3.8, 4) is 23.7 Å². The highest BCUT2D eigenvalue weighted by Gasteiger charge is 2.29. The number of benzene rings is 3. The second-order valence-corrected chi connectivity index (χ2v) is 8.65. The Morgan fingerprint density at radius 1 is 0.647 bits per heavy atom. The van der Waals surface area contributed by atoms with E-state index in [0.717, 1.165) is 47.1 Å². The third kappa shape index (κ3) is 7.86. The zero-order valence-electron chi connectivity index (χ0n) is 19.9. The lowest BCUT2D eigenvalue weighted by molar-refractivity contribution is -0.127. The van der Waals surface area contributed by atoms with Gasteiger partial charge in [-0.1, -0.05) is 78.8 Å². The summed E-state index contributed by atoms with van der Waals surface area (Å²) < 4.78 is 40.5. The minimum atomic E-state index is -4.33. The third-order valence-corrected chi connectivity index (χ3v) is 5.53. The first-order valence-electron chi connectivity index (χ1n) is 11.6. The summed E-state index contributed by atoms with van der Waals surface area (Å²) in [6.45, 7) is 6.09. The molecular weight excluding hydrogens is 429 g/mol. The molecule has 3 heteroatoms. The lowest BCUT2D eigenvalue weighted by Gasteiger charge is -2.14. The molecule has 3 aromatic carbocycles. The molecule has 0 saturated heterocycles. The zero-order valence-corrected chi connectivity index (χ0v) is 19.9. The van der Waals surface area contributed by atoms with Crippen LogP contribution in [0.4, 0.5) is 13.2 Å². The quantitative estimate of drug-likeness (QED) is 0.269. The van der Waals surface area contributed by atoms with Crippen molar-refractivity contribution >= 4 is 0 Å². The average molecular weight is 459 g/mol. The molecule has 0 fully saturated rings. The lowest BCUT2D eigenvalue weighted by Crippen LogP contribution is -2.14. The van der Waals surface area contributed by atoms with Crippen molar-refractivity contribution in [2.24, 2.45) is 0 Å². The summed E-state index contributed by atoms with van der Waals surface area (Å²) in [5.41, 5.74) is 5.96. The summed E-state index contributed by atoms with van der Waals surface area (Å²) in [5, 5.41) is 0. The van der Waals surface area contributed by atoms with Crippen LogP contribution in [0.2, 0.25) is 0 Å². The summed E-state index contributed by atoms with van der Waals surface area (Å²) >= 11 is 0. The molecule has 3 rings (SSSR count). The van der Waals surface area contributed by atoms with E-state index in [1.165, 1.54) is 0 Å². The molecule has 0 bridgehead atoms. The van der Waals surface area contributed by atoms with E-state index in [-0.39, 0.29) is 5.56 Å². The molecule has 34 heavy (non-hydrogen) atoms. The van der Waals surface area contributed by atoms with Crippen LogP contribution in [0, 0.1) is 37.5 Å². The molecule has 0 nitrogen and oxygen atoms in total. The normalized spacial score (nSPS) is 10.8. The maximum atomic E-state index is 13.5. The van der Waals surface area contributed by atoms with E-state index in [2.05, 4.69) is 30.6 Å². The van der Waals surface area contributed by atoms with Crippen LogP contribution < -0.4 is 0 Å². The predicted octanol–water partition coefficient (Wildman–Crippen LogP) is 7.94. The lowest BCUT2D eigenvalue weighted by atomic mass is 9.92. The van der Waals surface area contributed by atoms with Crippen molar-refractivity contribution in [1.29, 1.82) is 0 Å². The molecule has 0 unspecified atom stereocenters. The molecule has 3 aromatic rings. The van der Waals surface area contributed by atoms with Crippen molar-refractivity contribution in [2.75, 3.05) is 0 Å². The van der Waals surface area contributed by atoms with Gasteiger partial charge in [0, 0.05) is 22.3 Å². The molecule has 174 valence electrons. The van der Waals surface area contributed by atoms with E-state index >= 15 is 0 Å². The van der Waals surface area contributed by atoms with Gasteiger partial charge in [0.1, 0.15) is 0 Å². The molecule has 0 heterocycles. The van der Waals surface area contributed by atoms with Crippen LogP contribution in [0.3, 0.4) is 0 Å². The molecule has 0 N–H and O–H groups in total. The molecular formula is C31H29F3. The number of aryl methyl sites for hydroxylation is 3. The van der Waals surface area contributed by atoms with Crippen molar-refractivity contribution in [3.05, 3.63) is 105 Å². The number of hydrogen-bond acceptors (Lipinski definition) is 0. The van der Waals surface area contributed by atoms with Gasteiger partial charge in [-0.3, -0.25) is 0 Å². The van der Waals surface area contributed by atoms with Crippen LogP contribution in [-0.2, 0) is 12.8 Å². The Bertz CT molecular complexity index is 1220. The van der Waals surface area contributed by atoms with Gasteiger partial charge in [-0.05, 0) is 74.2 Å². The molecule has 0 atom stereocenters. The fourth-order valence-electron chi connectivity index (χ4n) is 3.67. The summed E-state index contributed by atoms with van der Waals surface area (Å²) in [6.07, 6.45) is -1.73. The summed E-state index contributed by atoms with van der Waals surface area (Å²) in [5.74, 6) is 12.3. The molecule has 0 aliphatic carbocycles. The van der Waals surface area contributed by atoms with Gasteiger partial charge in [0.15, 0.2) is 0 Å². The van der Waals surface area contributed by atoms with Crippen molar-refractivity contribution in [1.82, 2.24) is 0 Å². The molecule has 0 amide bonds. The van der Waals surface area contributed by atoms with E-state index in [1.54, 1.807) is 6.07 Å². The van der Waals surface area contributed by atoms with Crippen LogP contribution >= 0.6 is 0 Å². The molecule has 0 saturated carbocycles. The maximum Gasteiger partial charge on any atom is 0.393 e. The topological polar surface area (TPSA) is 0 Å². The second-order valence-electron chi connectivity index (χ2n) is 8.65. The standard InChI is InChI=1S/C31H29F3/c1-4-5-6-7-28-20-27(17-16-25-12-8-23(2)9-13-25)21-29(22-31(32,33)34)30(28)19-18-26-14-10-24(3)11-15-26/h8-15,20-21H,4-7,22H2,1-3H3. The van der Waals surface area contributed by atoms with Gasteiger partial charge < -0.3 is 0 Å². The number of hydrogen-bond donors (Lipinski definition) is 0. The van der Waals surface area contributed by atoms with Crippen LogP contribution in [0.25, 0.3) is 0 Å². The van der Waals surface area contributed by atoms with Gasteiger partial charge in [-0.15, -0.1) is 0 Å². The van der Waals surface area contributed by atoms with Crippen molar-refractivity contribution in [3.63, 3.8) is 0 Å². The Balaban J connectivity index is 2.08. The Morgan fingerprint density at radius 2 is 1.15 bits per heavy atom. The zero-order chi connectivity index (χ0) is 24.6. The minimum absolute atomic E-state index is 0.189. The summed E-state index contributed by atoms with van der Waals surface area (Å²) in [6, 6.07) is 18.9. The van der Waals surface area contributed by atoms with Gasteiger partial charge in [0.2, 0.25) is 0 Å². The highest BCUT2D eigenvalue weighted by atomic mass is 19.4. The van der Waals surface area contributed by atoms with Gasteiger partial charge >= 0.3 is 6.18 Å². The number of halogens is 3. The van der Waals surface area contributed by atoms with Crippen LogP contribution in [-0.4, -0.2) is 6.18 Å². The predicted molar refractivity (Wildman–Crippen MR) is 134 cm³/mol. The molecule has 0 spiro atoms. The van der Waals surface area contributed by atoms with Gasteiger partial charge in [-0.25, -0.2) is 0 Å². The number of rotatable bonds is 5. The van der Waals surface area contributed by atoms with Crippen LogP contribution in [0.5, 0.6) is 0 Å². The molecule has 0 aliphatic heterocycles. The van der Waals surface area contributed by atoms with E-state index in [1.807, 2.05) is 68.4 Å². The highest BCUT2D eigenvalue weighted by molar-refractivity contribution is 5.56. The van der Waals surface area contributed by atoms with Gasteiger partial charge in [0.05, 0.1) is 6.42 Å². The Labute approximate surface area is 201 Å². The third-order valence-electron chi connectivity index (χ3n) is 5.53. The van der Waals surface area contributed by atoms with E-state index in [0.29, 0.717) is 17.5 Å². The minimum Gasteiger partial charge on any atom is -0.171 e. The van der Waals surface area contributed by atoms with E-state index in [4.69, 9.17) is 0 Å². The molecule has 0 radical (unpaired) electrons. The SMILES string of the molecule is CCCCCc1cc(C#Cc2ccc(C)cc2)cc(CC(F)(F)F)c1C#Cc1ccc(C)cc1. The van der Waals surface area contributed by atoms with Crippen molar-refractivity contribution in [2.45, 2.75) is 59.1 Å². The fourth-order valence-corrected chi connectivity index (χ4v) is 3.67. The van der Waals surface area contributed by atoms with Gasteiger partial charge in [-0.2, -0.15) is 13.2 Å². The monoisotopic (exact) mass is 458 g/mol. The number of alkyl halides is 3. The summed E-state index contributed by atoms with van der Waals surface area (Å²) in [7, 11) is 0. The van der Waals surface area contributed by atoms with E-state index < -0.39 is 12.6 Å².